The number of carboxylic acids is 2. The molecule has 1 heterocycles. The number of thiol groups is 1. The summed E-state index contributed by atoms with van der Waals surface area (Å²) in [7, 11) is 0. The van der Waals surface area contributed by atoms with Gasteiger partial charge < -0.3 is 68.3 Å². The first-order chi connectivity index (χ1) is 37.9. The summed E-state index contributed by atoms with van der Waals surface area (Å²) in [5.74, 6) is -11.4. The first kappa shape index (κ1) is 65.0. The number of aromatic hydroxyl groups is 1. The first-order valence-electron chi connectivity index (χ1n) is 26.6. The van der Waals surface area contributed by atoms with Crippen molar-refractivity contribution in [2.45, 2.75) is 141 Å². The van der Waals surface area contributed by atoms with Crippen LogP contribution in [0.4, 0.5) is 0 Å². The lowest BCUT2D eigenvalue weighted by Crippen LogP contribution is -2.62. The number of nitrogens with zero attached hydrogens (tertiary/aromatic N) is 1. The van der Waals surface area contributed by atoms with Gasteiger partial charge in [0.25, 0.3) is 0 Å². The number of benzene rings is 3. The van der Waals surface area contributed by atoms with E-state index in [9.17, 15) is 68.4 Å². The Hall–Kier alpha value is -7.57. The molecule has 3 aromatic rings. The van der Waals surface area contributed by atoms with Gasteiger partial charge in [-0.2, -0.15) is 12.6 Å². The highest BCUT2D eigenvalue weighted by Crippen LogP contribution is 2.23. The third-order valence-electron chi connectivity index (χ3n) is 13.7. The molecule has 3 aromatic carbocycles. The van der Waals surface area contributed by atoms with Crippen molar-refractivity contribution < 1.29 is 68.4 Å². The largest absolute Gasteiger partial charge is 0.508 e. The molecule has 436 valence electrons. The van der Waals surface area contributed by atoms with Gasteiger partial charge in [-0.05, 0) is 71.4 Å². The molecule has 0 aliphatic carbocycles. The number of phenols is 1. The number of carbonyl (C=O) groups excluding carboxylic acids is 8. The van der Waals surface area contributed by atoms with Crippen molar-refractivity contribution in [2.75, 3.05) is 18.9 Å². The highest BCUT2D eigenvalue weighted by Gasteiger charge is 2.41. The molecule has 0 unspecified atom stereocenters. The van der Waals surface area contributed by atoms with Gasteiger partial charge in [0.05, 0.1) is 19.1 Å². The number of aliphatic hydroxyl groups is 1. The second-order valence-electron chi connectivity index (χ2n) is 20.8. The van der Waals surface area contributed by atoms with E-state index in [4.69, 9.17) is 5.73 Å². The number of nitrogens with one attached hydrogen (secondary N) is 7. The quantitative estimate of drug-likeness (QED) is 0.0411. The second-order valence-corrected chi connectivity index (χ2v) is 21.1. The Labute approximate surface area is 470 Å². The number of carboxylic acid groups (broad SMARTS) is 2. The molecule has 0 saturated carbocycles. The van der Waals surface area contributed by atoms with E-state index in [1.54, 1.807) is 27.7 Å². The van der Waals surface area contributed by atoms with E-state index in [1.165, 1.54) is 24.3 Å². The van der Waals surface area contributed by atoms with Crippen LogP contribution in [0, 0.1) is 17.8 Å². The Morgan fingerprint density at radius 3 is 1.65 bits per heavy atom. The summed E-state index contributed by atoms with van der Waals surface area (Å²) < 4.78 is 0. The van der Waals surface area contributed by atoms with E-state index in [2.05, 4.69) is 49.8 Å². The zero-order valence-electron chi connectivity index (χ0n) is 45.8. The molecule has 0 bridgehead atoms. The minimum absolute atomic E-state index is 0.00280. The second kappa shape index (κ2) is 31.3. The minimum Gasteiger partial charge on any atom is -0.508 e. The van der Waals surface area contributed by atoms with Gasteiger partial charge in [-0.15, -0.1) is 0 Å². The smallest absolute Gasteiger partial charge is 0.327 e. The van der Waals surface area contributed by atoms with Crippen LogP contribution in [0.3, 0.4) is 0 Å². The molecule has 0 aromatic heterocycles. The number of nitrogens with two attached hydrogens (primary N) is 1. The van der Waals surface area contributed by atoms with Gasteiger partial charge in [0.1, 0.15) is 54.1 Å². The average Bonchev–Trinajstić information content (AvgIpc) is 3.93. The lowest BCUT2D eigenvalue weighted by molar-refractivity contribution is -0.146. The van der Waals surface area contributed by atoms with Gasteiger partial charge >= 0.3 is 11.9 Å². The molecule has 0 spiro atoms. The molecule has 4 rings (SSSR count). The van der Waals surface area contributed by atoms with E-state index >= 15 is 0 Å². The number of likely N-dealkylation sites (tertiary alicyclic amines) is 1. The maximum Gasteiger partial charge on any atom is 0.327 e. The Kier molecular flexibility index (Phi) is 25.4. The highest BCUT2D eigenvalue weighted by atomic mass is 32.1. The van der Waals surface area contributed by atoms with Crippen LogP contribution in [0.5, 0.6) is 5.75 Å². The van der Waals surface area contributed by atoms with Crippen molar-refractivity contribution in [2.24, 2.45) is 23.5 Å². The SMILES string of the molecule is CC[C@H](C)[C@H](NC(=O)[C@H](Cc1ccc(-c2ccccc2)cc1)NC(=O)[C@@H](N)CC(C)C)C(=O)N[C@@H](CO)C(=O)N[C@@H](Cc1ccc(O)cc1)C(=O)N[C@@H](CC(=O)O)C(=O)N1CCC[C@H]1C(=O)N[C@H](C(=O)N[C@@H](CS)C(=O)O)C(C)C. The summed E-state index contributed by atoms with van der Waals surface area (Å²) in [6.45, 7) is 9.34. The average molecular weight is 1130 g/mol. The maximum absolute atomic E-state index is 14.3. The Morgan fingerprint density at radius 1 is 0.625 bits per heavy atom. The number of carbonyl (C=O) groups is 10. The molecule has 1 aliphatic rings. The van der Waals surface area contributed by atoms with Crippen molar-refractivity contribution in [1.29, 1.82) is 0 Å². The summed E-state index contributed by atoms with van der Waals surface area (Å²) in [6, 6.07) is 9.85. The molecule has 1 fully saturated rings. The van der Waals surface area contributed by atoms with Crippen molar-refractivity contribution in [3.8, 4) is 16.9 Å². The molecular formula is C56H77N9O14S. The molecule has 8 amide bonds. The lowest BCUT2D eigenvalue weighted by Gasteiger charge is -2.31. The van der Waals surface area contributed by atoms with Crippen LogP contribution >= 0.6 is 12.6 Å². The van der Waals surface area contributed by atoms with E-state index in [-0.39, 0.29) is 49.6 Å². The Morgan fingerprint density at radius 2 is 1.12 bits per heavy atom. The fourth-order valence-corrected chi connectivity index (χ4v) is 9.19. The Balaban J connectivity index is 1.57. The molecule has 1 saturated heterocycles. The van der Waals surface area contributed by atoms with Gasteiger partial charge in [-0.25, -0.2) is 4.79 Å². The van der Waals surface area contributed by atoms with Gasteiger partial charge in [0.15, 0.2) is 0 Å². The molecular weight excluding hydrogens is 1050 g/mol. The molecule has 80 heavy (non-hydrogen) atoms. The first-order valence-corrected chi connectivity index (χ1v) is 27.3. The van der Waals surface area contributed by atoms with Crippen LogP contribution < -0.4 is 43.0 Å². The maximum atomic E-state index is 14.3. The summed E-state index contributed by atoms with van der Waals surface area (Å²) >= 11 is 3.96. The van der Waals surface area contributed by atoms with Gasteiger partial charge in [0, 0.05) is 25.1 Å². The van der Waals surface area contributed by atoms with Crippen LogP contribution in [-0.2, 0) is 60.8 Å². The number of phenolic OH excluding ortho intramolecular Hbond substituents is 1. The number of rotatable bonds is 30. The number of aliphatic hydroxyl groups excluding tert-OH is 1. The number of hydrogen-bond acceptors (Lipinski definition) is 14. The van der Waals surface area contributed by atoms with Crippen LogP contribution in [0.15, 0.2) is 78.9 Å². The number of amides is 8. The standard InChI is InChI=1S/C56H77N9O14S/c1-7-32(6)47(64-50(72)40(58-48(70)38(57)24-30(2)3)25-33-15-19-36(20-16-33)35-12-9-8-10-13-35)54(76)61-42(28-66)51(73)59-39(26-34-17-21-37(67)22-18-34)49(71)60-41(27-45(68)69)55(77)65-23-11-14-44(65)52(74)63-46(31(4)5)53(75)62-43(29-80)56(78)79/h8-10,12-13,15-22,30-32,38-44,46-47,66-67,80H,7,11,14,23-29,57H2,1-6H3,(H,58,70)(H,59,73)(H,60,71)(H,61,76)(H,62,75)(H,63,74)(H,64,72)(H,68,69)(H,78,79)/t32-,38-,39-,40-,41-,42-,43-,44-,46-,47-/m0/s1. The fraction of sp³-hybridized carbons (Fsp3) is 0.500. The molecule has 13 N–H and O–H groups in total. The fourth-order valence-electron chi connectivity index (χ4n) is 8.94. The predicted molar refractivity (Wildman–Crippen MR) is 298 cm³/mol. The van der Waals surface area contributed by atoms with Crippen molar-refractivity contribution in [1.82, 2.24) is 42.1 Å². The van der Waals surface area contributed by atoms with E-state index in [0.29, 0.717) is 24.0 Å². The van der Waals surface area contributed by atoms with Crippen LogP contribution in [0.1, 0.15) is 84.8 Å². The highest BCUT2D eigenvalue weighted by molar-refractivity contribution is 7.80. The Bertz CT molecular complexity index is 2630. The third kappa shape index (κ3) is 19.4. The number of hydrogen-bond donors (Lipinski definition) is 13. The zero-order valence-corrected chi connectivity index (χ0v) is 46.7. The monoisotopic (exact) mass is 1130 g/mol. The predicted octanol–water partition coefficient (Wildman–Crippen LogP) is 0.786. The normalized spacial score (nSPS) is 16.5. The van der Waals surface area contributed by atoms with Gasteiger partial charge in [0.2, 0.25) is 47.3 Å². The third-order valence-corrected chi connectivity index (χ3v) is 14.1. The van der Waals surface area contributed by atoms with Gasteiger partial charge in [-0.1, -0.05) is 115 Å². The number of aliphatic carboxylic acids is 2. The van der Waals surface area contributed by atoms with E-state index < -0.39 is 138 Å². The molecule has 24 heteroatoms. The van der Waals surface area contributed by atoms with E-state index in [0.717, 1.165) is 16.0 Å². The van der Waals surface area contributed by atoms with Crippen LogP contribution in [0.2, 0.25) is 0 Å². The molecule has 10 atom stereocenters. The molecule has 0 radical (unpaired) electrons. The van der Waals surface area contributed by atoms with Crippen LogP contribution in [0.25, 0.3) is 11.1 Å². The van der Waals surface area contributed by atoms with E-state index in [1.807, 2.05) is 68.4 Å². The van der Waals surface area contributed by atoms with Crippen molar-refractivity contribution in [3.63, 3.8) is 0 Å². The summed E-state index contributed by atoms with van der Waals surface area (Å²) in [5.41, 5.74) is 9.15. The summed E-state index contributed by atoms with van der Waals surface area (Å²) in [5, 5.41) is 57.7. The summed E-state index contributed by atoms with van der Waals surface area (Å²) in [6.07, 6.45) is -0.316. The topological polar surface area (TPSA) is 365 Å². The molecule has 1 aliphatic heterocycles. The van der Waals surface area contributed by atoms with Crippen LogP contribution in [-0.4, -0.2) is 158 Å². The van der Waals surface area contributed by atoms with Crippen molar-refractivity contribution >= 4 is 71.8 Å². The minimum atomic E-state index is -1.83. The van der Waals surface area contributed by atoms with Crippen molar-refractivity contribution in [3.05, 3.63) is 90.0 Å². The zero-order chi connectivity index (χ0) is 59.4. The van der Waals surface area contributed by atoms with Gasteiger partial charge in [-0.3, -0.25) is 43.2 Å². The summed E-state index contributed by atoms with van der Waals surface area (Å²) in [4.78, 5) is 136. The lowest BCUT2D eigenvalue weighted by atomic mass is 9.96. The molecule has 23 nitrogen and oxygen atoms in total.